The highest BCUT2D eigenvalue weighted by atomic mass is 32.2. The summed E-state index contributed by atoms with van der Waals surface area (Å²) in [5.74, 6) is 1.32. The van der Waals surface area contributed by atoms with Gasteiger partial charge in [-0.3, -0.25) is 0 Å². The molecule has 1 fully saturated rings. The van der Waals surface area contributed by atoms with Crippen molar-refractivity contribution in [3.63, 3.8) is 0 Å². The topological polar surface area (TPSA) is 106 Å². The fourth-order valence-electron chi connectivity index (χ4n) is 6.53. The van der Waals surface area contributed by atoms with Crippen molar-refractivity contribution in [1.82, 2.24) is 15.6 Å². The summed E-state index contributed by atoms with van der Waals surface area (Å²) in [6, 6.07) is 44.3. The minimum atomic E-state index is -0.633. The Morgan fingerprint density at radius 2 is 1.42 bits per heavy atom. The Kier molecular flexibility index (Phi) is 11.7. The number of nitrogens with zero attached hydrogens (tertiary/aromatic N) is 1. The van der Waals surface area contributed by atoms with Crippen molar-refractivity contribution >= 4 is 17.8 Å². The maximum Gasteiger partial charge on any atom is 0.315 e. The SMILES string of the molecule is CCNC(=O)NCc1cccc(-c2cccc([C@@H]3O[C@H](CSc4nc(-c5ccccc5)c(-c5ccccc5)o4)[C@H](C)[C@H](c4ccc(CO)cc4)O3)c2)c1. The van der Waals surface area contributed by atoms with Crippen LogP contribution in [-0.2, 0) is 22.6 Å². The zero-order chi connectivity index (χ0) is 36.6. The molecule has 9 heteroatoms. The number of hydrogen-bond acceptors (Lipinski definition) is 7. The quantitative estimate of drug-likeness (QED) is 0.108. The Morgan fingerprint density at radius 3 is 2.13 bits per heavy atom. The predicted octanol–water partition coefficient (Wildman–Crippen LogP) is 9.57. The first-order valence-corrected chi connectivity index (χ1v) is 18.9. The lowest BCUT2D eigenvalue weighted by Crippen LogP contribution is -2.38. The Labute approximate surface area is 314 Å². The molecule has 1 aliphatic rings. The van der Waals surface area contributed by atoms with Crippen LogP contribution in [0.15, 0.2) is 143 Å². The molecule has 4 atom stereocenters. The molecule has 1 aliphatic heterocycles. The normalized spacial score (nSPS) is 18.4. The number of nitrogens with one attached hydrogen (secondary N) is 2. The molecule has 0 unspecified atom stereocenters. The van der Waals surface area contributed by atoms with Gasteiger partial charge in [0.05, 0.1) is 18.8 Å². The van der Waals surface area contributed by atoms with Crippen LogP contribution in [0.5, 0.6) is 0 Å². The number of amides is 2. The molecular formula is C44H43N3O5S. The minimum absolute atomic E-state index is 0.00634. The first-order chi connectivity index (χ1) is 26.0. The number of carbonyl (C=O) groups is 1. The third-order valence-electron chi connectivity index (χ3n) is 9.39. The smallest absolute Gasteiger partial charge is 0.315 e. The summed E-state index contributed by atoms with van der Waals surface area (Å²) in [6.45, 7) is 5.02. The van der Waals surface area contributed by atoms with E-state index in [2.05, 4.69) is 41.8 Å². The van der Waals surface area contributed by atoms with E-state index in [-0.39, 0.29) is 30.8 Å². The average molecular weight is 726 g/mol. The van der Waals surface area contributed by atoms with Crippen LogP contribution in [0.4, 0.5) is 4.79 Å². The highest BCUT2D eigenvalue weighted by Gasteiger charge is 2.39. The lowest BCUT2D eigenvalue weighted by atomic mass is 9.91. The second-order valence-corrected chi connectivity index (χ2v) is 14.0. The van der Waals surface area contributed by atoms with Crippen LogP contribution in [-0.4, -0.2) is 34.5 Å². The van der Waals surface area contributed by atoms with Gasteiger partial charge < -0.3 is 29.6 Å². The van der Waals surface area contributed by atoms with Crippen LogP contribution >= 0.6 is 11.8 Å². The number of carbonyl (C=O) groups excluding carboxylic acids is 1. The molecule has 2 heterocycles. The molecule has 0 radical (unpaired) electrons. The Morgan fingerprint density at radius 1 is 0.736 bits per heavy atom. The third-order valence-corrected chi connectivity index (χ3v) is 10.3. The standard InChI is InChI=1S/C44H43N3O5S/c1-3-45-43(49)46-26-31-12-10-17-35(24-31)36-18-11-19-37(25-36)42-50-38(29(2)40(51-42)34-22-20-30(27-48)21-23-34)28-53-44-47-39(32-13-6-4-7-14-32)41(52-44)33-15-8-5-9-16-33/h4-25,29,38,40,42,48H,3,26-28H2,1-2H3,(H2,45,46,49)/t29-,38+,40+,42+/m0/s1. The number of aliphatic hydroxyl groups is 1. The van der Waals surface area contributed by atoms with Crippen molar-refractivity contribution in [2.75, 3.05) is 12.3 Å². The number of aromatic nitrogens is 1. The van der Waals surface area contributed by atoms with Gasteiger partial charge in [-0.15, -0.1) is 0 Å². The molecule has 0 bridgehead atoms. The number of aliphatic hydroxyl groups excluding tert-OH is 1. The molecule has 1 saturated heterocycles. The lowest BCUT2D eigenvalue weighted by molar-refractivity contribution is -0.268. The van der Waals surface area contributed by atoms with Gasteiger partial charge in [-0.05, 0) is 46.9 Å². The maximum atomic E-state index is 12.0. The number of urea groups is 1. The van der Waals surface area contributed by atoms with Gasteiger partial charge in [-0.1, -0.05) is 140 Å². The van der Waals surface area contributed by atoms with Gasteiger partial charge in [0.25, 0.3) is 5.22 Å². The maximum absolute atomic E-state index is 12.0. The summed E-state index contributed by atoms with van der Waals surface area (Å²) in [5, 5.41) is 15.9. The van der Waals surface area contributed by atoms with E-state index >= 15 is 0 Å². The van der Waals surface area contributed by atoms with E-state index in [1.165, 1.54) is 0 Å². The van der Waals surface area contributed by atoms with Crippen LogP contribution < -0.4 is 10.6 Å². The van der Waals surface area contributed by atoms with E-state index in [9.17, 15) is 9.90 Å². The van der Waals surface area contributed by atoms with Crippen LogP contribution in [0, 0.1) is 5.92 Å². The number of thioether (sulfide) groups is 1. The van der Waals surface area contributed by atoms with Crippen LogP contribution in [0.2, 0.25) is 0 Å². The fraction of sp³-hybridized carbons (Fsp3) is 0.227. The van der Waals surface area contributed by atoms with Crippen molar-refractivity contribution in [1.29, 1.82) is 0 Å². The summed E-state index contributed by atoms with van der Waals surface area (Å²) in [5.41, 5.74) is 8.59. The first kappa shape index (κ1) is 36.2. The summed E-state index contributed by atoms with van der Waals surface area (Å²) in [4.78, 5) is 17.0. The largest absolute Gasteiger partial charge is 0.431 e. The Balaban J connectivity index is 1.15. The van der Waals surface area contributed by atoms with Gasteiger partial charge in [0.1, 0.15) is 5.69 Å². The van der Waals surface area contributed by atoms with Crippen molar-refractivity contribution in [3.05, 3.63) is 156 Å². The van der Waals surface area contributed by atoms with Gasteiger partial charge in [-0.25, -0.2) is 9.78 Å². The number of ether oxygens (including phenoxy) is 2. The van der Waals surface area contributed by atoms with Gasteiger partial charge in [0.15, 0.2) is 12.1 Å². The molecule has 8 nitrogen and oxygen atoms in total. The molecule has 6 aromatic rings. The van der Waals surface area contributed by atoms with Crippen LogP contribution in [0.3, 0.4) is 0 Å². The fourth-order valence-corrected chi connectivity index (χ4v) is 7.52. The van der Waals surface area contributed by atoms with Gasteiger partial charge in [-0.2, -0.15) is 0 Å². The molecule has 53 heavy (non-hydrogen) atoms. The molecular weight excluding hydrogens is 683 g/mol. The minimum Gasteiger partial charge on any atom is -0.431 e. The molecule has 0 aliphatic carbocycles. The van der Waals surface area contributed by atoms with Crippen LogP contribution in [0.1, 0.15) is 48.5 Å². The molecule has 2 amide bonds. The highest BCUT2D eigenvalue weighted by Crippen LogP contribution is 2.44. The predicted molar refractivity (Wildman–Crippen MR) is 209 cm³/mol. The molecule has 3 N–H and O–H groups in total. The van der Waals surface area contributed by atoms with E-state index in [1.54, 1.807) is 11.8 Å². The van der Waals surface area contributed by atoms with E-state index in [4.69, 9.17) is 18.9 Å². The monoisotopic (exact) mass is 725 g/mol. The summed E-state index contributed by atoms with van der Waals surface area (Å²) in [6.07, 6.45) is -1.10. The van der Waals surface area contributed by atoms with Crippen molar-refractivity contribution in [2.45, 2.75) is 50.7 Å². The summed E-state index contributed by atoms with van der Waals surface area (Å²) < 4.78 is 20.0. The van der Waals surface area contributed by atoms with E-state index in [1.807, 2.05) is 116 Å². The van der Waals surface area contributed by atoms with Gasteiger partial charge in [0.2, 0.25) is 0 Å². The van der Waals surface area contributed by atoms with Crippen molar-refractivity contribution < 1.29 is 23.8 Å². The zero-order valence-corrected chi connectivity index (χ0v) is 30.6. The number of rotatable bonds is 12. The third kappa shape index (κ3) is 8.72. The second-order valence-electron chi connectivity index (χ2n) is 13.1. The average Bonchev–Trinajstić information content (AvgIpc) is 3.65. The number of hydrogen-bond donors (Lipinski definition) is 3. The molecule has 0 saturated carbocycles. The van der Waals surface area contributed by atoms with E-state index in [0.29, 0.717) is 24.1 Å². The van der Waals surface area contributed by atoms with Crippen LogP contribution in [0.25, 0.3) is 33.7 Å². The molecule has 5 aromatic carbocycles. The van der Waals surface area contributed by atoms with Gasteiger partial charge in [0, 0.05) is 41.5 Å². The lowest BCUT2D eigenvalue weighted by Gasteiger charge is -2.41. The van der Waals surface area contributed by atoms with E-state index in [0.717, 1.165) is 56.0 Å². The zero-order valence-electron chi connectivity index (χ0n) is 29.8. The number of benzene rings is 5. The summed E-state index contributed by atoms with van der Waals surface area (Å²) in [7, 11) is 0. The molecule has 270 valence electrons. The molecule has 1 aromatic heterocycles. The van der Waals surface area contributed by atoms with E-state index < -0.39 is 6.29 Å². The molecule has 7 rings (SSSR count). The Bertz CT molecular complexity index is 2050. The van der Waals surface area contributed by atoms with Crippen molar-refractivity contribution in [2.24, 2.45) is 5.92 Å². The summed E-state index contributed by atoms with van der Waals surface area (Å²) >= 11 is 1.54. The Hall–Kier alpha value is -5.19. The second kappa shape index (κ2) is 17.1. The van der Waals surface area contributed by atoms with Crippen molar-refractivity contribution in [3.8, 4) is 33.7 Å². The van der Waals surface area contributed by atoms with Gasteiger partial charge >= 0.3 is 6.03 Å². The first-order valence-electron chi connectivity index (χ1n) is 17.9. The highest BCUT2D eigenvalue weighted by molar-refractivity contribution is 7.99. The number of oxazole rings is 1. The molecule has 0 spiro atoms.